The number of thioether (sulfide) groups is 1. The van der Waals surface area contributed by atoms with Crippen LogP contribution in [0.1, 0.15) is 51.4 Å². The molecule has 114 valence electrons. The zero-order chi connectivity index (χ0) is 15.1. The molecule has 0 aliphatic carbocycles. The number of rotatable bonds is 9. The van der Waals surface area contributed by atoms with Gasteiger partial charge in [-0.05, 0) is 6.42 Å². The fraction of sp³-hybridized carbons (Fsp3) is 0.769. The highest BCUT2D eigenvalue weighted by Crippen LogP contribution is 2.28. The lowest BCUT2D eigenvalue weighted by Crippen LogP contribution is -2.19. The van der Waals surface area contributed by atoms with E-state index in [-0.39, 0.29) is 17.7 Å². The summed E-state index contributed by atoms with van der Waals surface area (Å²) in [5.74, 6) is 0.253. The van der Waals surface area contributed by atoms with E-state index in [1.165, 1.54) is 11.8 Å². The highest BCUT2D eigenvalue weighted by molar-refractivity contribution is 7.99. The van der Waals surface area contributed by atoms with Crippen LogP contribution in [0.5, 0.6) is 0 Å². The summed E-state index contributed by atoms with van der Waals surface area (Å²) in [4.78, 5) is 10.7. The van der Waals surface area contributed by atoms with Crippen LogP contribution in [-0.4, -0.2) is 45.3 Å². The van der Waals surface area contributed by atoms with E-state index in [0.29, 0.717) is 11.8 Å². The first-order chi connectivity index (χ1) is 9.51. The Morgan fingerprint density at radius 1 is 1.45 bits per heavy atom. The van der Waals surface area contributed by atoms with Crippen molar-refractivity contribution < 1.29 is 14.6 Å². The number of aliphatic carboxylic acids is 1. The molecule has 1 atom stereocenters. The third kappa shape index (κ3) is 4.49. The normalized spacial score (nSPS) is 12.8. The van der Waals surface area contributed by atoms with Gasteiger partial charge in [-0.3, -0.25) is 4.79 Å². The van der Waals surface area contributed by atoms with Crippen LogP contribution in [0.4, 0.5) is 0 Å². The lowest BCUT2D eigenvalue weighted by Gasteiger charge is -2.21. The molecule has 1 aromatic heterocycles. The van der Waals surface area contributed by atoms with Crippen LogP contribution in [0.2, 0.25) is 0 Å². The van der Waals surface area contributed by atoms with Crippen molar-refractivity contribution in [3.05, 3.63) is 5.82 Å². The molecule has 0 radical (unpaired) electrons. The van der Waals surface area contributed by atoms with Gasteiger partial charge in [-0.25, -0.2) is 0 Å². The van der Waals surface area contributed by atoms with Gasteiger partial charge in [-0.2, -0.15) is 0 Å². The first kappa shape index (κ1) is 17.0. The Balaban J connectivity index is 3.08. The van der Waals surface area contributed by atoms with Gasteiger partial charge in [0, 0.05) is 13.0 Å². The molecule has 0 bridgehead atoms. The van der Waals surface area contributed by atoms with Gasteiger partial charge < -0.3 is 14.4 Å². The third-order valence-corrected chi connectivity index (χ3v) is 3.81. The minimum atomic E-state index is -0.852. The maximum Gasteiger partial charge on any atom is 0.313 e. The molecule has 7 heteroatoms. The molecule has 0 aromatic carbocycles. The number of carboxylic acids is 1. The van der Waals surface area contributed by atoms with Crippen LogP contribution in [0, 0.1) is 0 Å². The molecule has 1 rings (SSSR count). The lowest BCUT2D eigenvalue weighted by atomic mass is 10.1. The predicted octanol–water partition coefficient (Wildman–Crippen LogP) is 2.57. The minimum Gasteiger partial charge on any atom is -0.481 e. The summed E-state index contributed by atoms with van der Waals surface area (Å²) in [5, 5.41) is 17.9. The van der Waals surface area contributed by atoms with Crippen molar-refractivity contribution in [1.29, 1.82) is 0 Å². The highest BCUT2D eigenvalue weighted by Gasteiger charge is 2.22. The number of carboxylic acid groups (broad SMARTS) is 1. The molecule has 6 nitrogen and oxygen atoms in total. The van der Waals surface area contributed by atoms with E-state index in [1.54, 1.807) is 7.11 Å². The molecule has 20 heavy (non-hydrogen) atoms. The SMILES string of the molecule is CCCC(COC)n1c(SCC(=O)O)nnc1C(C)C. The Kier molecular flexibility index (Phi) is 7.01. The molecule has 0 saturated carbocycles. The Hall–Kier alpha value is -1.08. The van der Waals surface area contributed by atoms with Crippen LogP contribution >= 0.6 is 11.8 Å². The number of hydrogen-bond acceptors (Lipinski definition) is 5. The number of nitrogens with zero attached hydrogens (tertiary/aromatic N) is 3. The van der Waals surface area contributed by atoms with E-state index in [1.807, 2.05) is 4.57 Å². The molecule has 0 amide bonds. The second-order valence-electron chi connectivity index (χ2n) is 4.95. The average Bonchev–Trinajstić information content (AvgIpc) is 2.79. The molecular formula is C13H23N3O3S. The lowest BCUT2D eigenvalue weighted by molar-refractivity contribution is -0.133. The summed E-state index contributed by atoms with van der Waals surface area (Å²) in [6.07, 6.45) is 1.97. The van der Waals surface area contributed by atoms with Gasteiger partial charge in [-0.1, -0.05) is 39.0 Å². The Bertz CT molecular complexity index is 428. The summed E-state index contributed by atoms with van der Waals surface area (Å²) in [7, 11) is 1.67. The van der Waals surface area contributed by atoms with E-state index in [4.69, 9.17) is 9.84 Å². The zero-order valence-corrected chi connectivity index (χ0v) is 13.3. The standard InChI is InChI=1S/C13H23N3O3S/c1-5-6-10(7-19-4)16-12(9(2)3)14-15-13(16)20-8-11(17)18/h9-10H,5-8H2,1-4H3,(H,17,18). The quantitative estimate of drug-likeness (QED) is 0.706. The van der Waals surface area contributed by atoms with Gasteiger partial charge >= 0.3 is 5.97 Å². The number of hydrogen-bond donors (Lipinski definition) is 1. The summed E-state index contributed by atoms with van der Waals surface area (Å²) in [6, 6.07) is 0.147. The molecule has 1 unspecified atom stereocenters. The zero-order valence-electron chi connectivity index (χ0n) is 12.5. The Morgan fingerprint density at radius 3 is 2.65 bits per heavy atom. The van der Waals surface area contributed by atoms with Gasteiger partial charge in [0.15, 0.2) is 5.16 Å². The maximum absolute atomic E-state index is 10.7. The molecule has 0 saturated heterocycles. The number of ether oxygens (including phenoxy) is 1. The molecular weight excluding hydrogens is 278 g/mol. The van der Waals surface area contributed by atoms with Crippen molar-refractivity contribution in [1.82, 2.24) is 14.8 Å². The molecule has 0 spiro atoms. The largest absolute Gasteiger partial charge is 0.481 e. The van der Waals surface area contributed by atoms with Crippen molar-refractivity contribution in [2.24, 2.45) is 0 Å². The van der Waals surface area contributed by atoms with Crippen molar-refractivity contribution in [2.75, 3.05) is 19.5 Å². The molecule has 1 aromatic rings. The number of methoxy groups -OCH3 is 1. The third-order valence-electron chi connectivity index (χ3n) is 2.88. The van der Waals surface area contributed by atoms with Gasteiger partial charge in [0.25, 0.3) is 0 Å². The van der Waals surface area contributed by atoms with Crippen molar-refractivity contribution in [3.8, 4) is 0 Å². The topological polar surface area (TPSA) is 77.2 Å². The predicted molar refractivity (Wildman–Crippen MR) is 78.3 cm³/mol. The fourth-order valence-electron chi connectivity index (χ4n) is 2.06. The van der Waals surface area contributed by atoms with Gasteiger partial charge in [-0.15, -0.1) is 10.2 Å². The molecule has 0 fully saturated rings. The molecule has 0 aliphatic heterocycles. The number of aromatic nitrogens is 3. The summed E-state index contributed by atoms with van der Waals surface area (Å²) in [5.41, 5.74) is 0. The van der Waals surface area contributed by atoms with Crippen LogP contribution in [0.25, 0.3) is 0 Å². The highest BCUT2D eigenvalue weighted by atomic mass is 32.2. The van der Waals surface area contributed by atoms with Gasteiger partial charge in [0.1, 0.15) is 5.82 Å². The summed E-state index contributed by atoms with van der Waals surface area (Å²) < 4.78 is 7.34. The summed E-state index contributed by atoms with van der Waals surface area (Å²) >= 11 is 1.21. The monoisotopic (exact) mass is 301 g/mol. The first-order valence-corrected chi connectivity index (χ1v) is 7.78. The molecule has 1 heterocycles. The second kappa shape index (κ2) is 8.26. The van der Waals surface area contributed by atoms with Crippen molar-refractivity contribution >= 4 is 17.7 Å². The van der Waals surface area contributed by atoms with Crippen molar-refractivity contribution in [3.63, 3.8) is 0 Å². The van der Waals surface area contributed by atoms with Crippen LogP contribution in [0.15, 0.2) is 5.16 Å². The minimum absolute atomic E-state index is 0.0118. The van der Waals surface area contributed by atoms with Crippen LogP contribution in [0.3, 0.4) is 0 Å². The van der Waals surface area contributed by atoms with Crippen LogP contribution in [-0.2, 0) is 9.53 Å². The van der Waals surface area contributed by atoms with Crippen molar-refractivity contribution in [2.45, 2.75) is 50.7 Å². The maximum atomic E-state index is 10.7. The van der Waals surface area contributed by atoms with Crippen LogP contribution < -0.4 is 0 Å². The molecule has 1 N–H and O–H groups in total. The van der Waals surface area contributed by atoms with E-state index < -0.39 is 5.97 Å². The van der Waals surface area contributed by atoms with E-state index >= 15 is 0 Å². The van der Waals surface area contributed by atoms with E-state index in [9.17, 15) is 4.79 Å². The fourth-order valence-corrected chi connectivity index (χ4v) is 2.80. The average molecular weight is 301 g/mol. The van der Waals surface area contributed by atoms with Gasteiger partial charge in [0.2, 0.25) is 0 Å². The summed E-state index contributed by atoms with van der Waals surface area (Å²) in [6.45, 7) is 6.81. The Morgan fingerprint density at radius 2 is 2.15 bits per heavy atom. The number of carbonyl (C=O) groups is 1. The van der Waals surface area contributed by atoms with Gasteiger partial charge in [0.05, 0.1) is 18.4 Å². The molecule has 0 aliphatic rings. The first-order valence-electron chi connectivity index (χ1n) is 6.79. The Labute approximate surface area is 123 Å². The van der Waals surface area contributed by atoms with E-state index in [2.05, 4.69) is 31.0 Å². The second-order valence-corrected chi connectivity index (χ2v) is 5.89. The van der Waals surface area contributed by atoms with E-state index in [0.717, 1.165) is 18.7 Å². The smallest absolute Gasteiger partial charge is 0.313 e.